The third-order valence-corrected chi connectivity index (χ3v) is 12.6. The summed E-state index contributed by atoms with van der Waals surface area (Å²) in [4.78, 5) is 0. The van der Waals surface area contributed by atoms with Crippen molar-refractivity contribution in [2.45, 2.75) is 11.3 Å². The molecule has 258 valence electrons. The van der Waals surface area contributed by atoms with Crippen LogP contribution in [0.1, 0.15) is 28.2 Å². The van der Waals surface area contributed by atoms with E-state index in [2.05, 4.69) is 210 Å². The Balaban J connectivity index is 1.04. The molecule has 3 aliphatic rings. The number of fused-ring (bicyclic) bond motifs is 14. The van der Waals surface area contributed by atoms with Crippen LogP contribution in [0.2, 0.25) is 0 Å². The van der Waals surface area contributed by atoms with Crippen molar-refractivity contribution in [1.82, 2.24) is 4.57 Å². The van der Waals surface area contributed by atoms with Gasteiger partial charge in [-0.2, -0.15) is 0 Å². The van der Waals surface area contributed by atoms with E-state index in [4.69, 9.17) is 0 Å². The molecule has 9 aromatic rings. The second-order valence-corrected chi connectivity index (χ2v) is 15.3. The number of para-hydroxylation sites is 2. The Morgan fingerprint density at radius 1 is 0.455 bits per heavy atom. The van der Waals surface area contributed by atoms with Gasteiger partial charge in [0.15, 0.2) is 0 Å². The van der Waals surface area contributed by atoms with Crippen molar-refractivity contribution < 1.29 is 0 Å². The van der Waals surface area contributed by atoms with E-state index in [9.17, 15) is 0 Å². The van der Waals surface area contributed by atoms with E-state index < -0.39 is 0 Å². The molecular weight excluding hydrogens is 665 g/mol. The van der Waals surface area contributed by atoms with Gasteiger partial charge in [-0.15, -0.1) is 0 Å². The largest absolute Gasteiger partial charge is 0.355 e. The molecule has 8 aromatic carbocycles. The quantitative estimate of drug-likeness (QED) is 0.193. The zero-order chi connectivity index (χ0) is 36.1. The van der Waals surface area contributed by atoms with Crippen LogP contribution in [0.5, 0.6) is 0 Å². The van der Waals surface area contributed by atoms with Gasteiger partial charge < -0.3 is 9.88 Å². The summed E-state index contributed by atoms with van der Waals surface area (Å²) in [7, 11) is 0. The molecule has 0 bridgehead atoms. The van der Waals surface area contributed by atoms with Gasteiger partial charge in [0, 0.05) is 39.7 Å². The van der Waals surface area contributed by atoms with Crippen LogP contribution >= 0.6 is 0 Å². The van der Waals surface area contributed by atoms with E-state index in [0.29, 0.717) is 5.92 Å². The highest BCUT2D eigenvalue weighted by Gasteiger charge is 2.57. The number of hydrogen-bond donors (Lipinski definition) is 1. The third-order valence-electron chi connectivity index (χ3n) is 12.6. The number of nitrogens with one attached hydrogen (secondary N) is 1. The molecule has 0 radical (unpaired) electrons. The Labute approximate surface area is 320 Å². The second-order valence-electron chi connectivity index (χ2n) is 15.3. The Morgan fingerprint density at radius 3 is 2.07 bits per heavy atom. The predicted octanol–water partition coefficient (Wildman–Crippen LogP) is 13.5. The number of nitrogens with zero attached hydrogens (tertiary/aromatic N) is 1. The van der Waals surface area contributed by atoms with Gasteiger partial charge in [-0.1, -0.05) is 146 Å². The van der Waals surface area contributed by atoms with E-state index in [-0.39, 0.29) is 11.3 Å². The van der Waals surface area contributed by atoms with Gasteiger partial charge in [0.05, 0.1) is 16.4 Å². The van der Waals surface area contributed by atoms with Crippen LogP contribution in [0.25, 0.3) is 60.5 Å². The molecule has 0 fully saturated rings. The molecule has 3 unspecified atom stereocenters. The Morgan fingerprint density at radius 2 is 1.15 bits per heavy atom. The second kappa shape index (κ2) is 11.5. The maximum Gasteiger partial charge on any atom is 0.0542 e. The maximum atomic E-state index is 3.88. The molecule has 1 aromatic heterocycles. The molecule has 0 aliphatic heterocycles. The molecule has 3 atom stereocenters. The molecule has 0 saturated carbocycles. The first-order chi connectivity index (χ1) is 27.3. The average Bonchev–Trinajstić information content (AvgIpc) is 3.85. The highest BCUT2D eigenvalue weighted by atomic mass is 15.0. The Bertz CT molecular complexity index is 3080. The number of allylic oxidation sites excluding steroid dienone is 4. The lowest BCUT2D eigenvalue weighted by molar-refractivity contribution is 0.466. The maximum absolute atomic E-state index is 3.88. The van der Waals surface area contributed by atoms with Crippen LogP contribution in [0, 0.1) is 5.92 Å². The monoisotopic (exact) mass is 700 g/mol. The van der Waals surface area contributed by atoms with E-state index in [1.807, 2.05) is 0 Å². The first kappa shape index (κ1) is 30.6. The molecule has 1 spiro atoms. The van der Waals surface area contributed by atoms with Crippen LogP contribution in [0.3, 0.4) is 0 Å². The highest BCUT2D eigenvalue weighted by Crippen LogP contribution is 2.65. The van der Waals surface area contributed by atoms with E-state index in [1.54, 1.807) is 0 Å². The molecule has 1 heterocycles. The summed E-state index contributed by atoms with van der Waals surface area (Å²) >= 11 is 0. The lowest BCUT2D eigenvalue weighted by atomic mass is 9.65. The minimum Gasteiger partial charge on any atom is -0.355 e. The number of hydrogen-bond acceptors (Lipinski definition) is 1. The molecule has 12 rings (SSSR count). The normalized spacial score (nSPS) is 18.8. The Kier molecular flexibility index (Phi) is 6.41. The Hall–Kier alpha value is -6.90. The number of anilines is 2. The minimum atomic E-state index is -0.335. The third kappa shape index (κ3) is 4.25. The number of aromatic nitrogens is 1. The first-order valence-electron chi connectivity index (χ1n) is 19.3. The summed E-state index contributed by atoms with van der Waals surface area (Å²) < 4.78 is 2.37. The molecule has 0 saturated heterocycles. The highest BCUT2D eigenvalue weighted by molar-refractivity contribution is 6.10. The van der Waals surface area contributed by atoms with Crippen molar-refractivity contribution in [2.75, 3.05) is 5.32 Å². The van der Waals surface area contributed by atoms with Crippen molar-refractivity contribution in [3.05, 3.63) is 222 Å². The van der Waals surface area contributed by atoms with Gasteiger partial charge >= 0.3 is 0 Å². The van der Waals surface area contributed by atoms with Crippen LogP contribution in [-0.4, -0.2) is 4.57 Å². The molecule has 55 heavy (non-hydrogen) atoms. The lowest BCUT2D eigenvalue weighted by Crippen LogP contribution is -2.33. The van der Waals surface area contributed by atoms with Crippen molar-refractivity contribution in [2.24, 2.45) is 5.92 Å². The van der Waals surface area contributed by atoms with Crippen LogP contribution in [0.4, 0.5) is 11.4 Å². The van der Waals surface area contributed by atoms with Crippen LogP contribution < -0.4 is 5.32 Å². The smallest absolute Gasteiger partial charge is 0.0542 e. The summed E-state index contributed by atoms with van der Waals surface area (Å²) in [5.41, 5.74) is 16.3. The van der Waals surface area contributed by atoms with Gasteiger partial charge in [0.25, 0.3) is 0 Å². The summed E-state index contributed by atoms with van der Waals surface area (Å²) in [5, 5.41) is 8.93. The van der Waals surface area contributed by atoms with Crippen molar-refractivity contribution >= 4 is 44.0 Å². The zero-order valence-electron chi connectivity index (χ0n) is 30.2. The zero-order valence-corrected chi connectivity index (χ0v) is 30.2. The molecule has 3 aliphatic carbocycles. The van der Waals surface area contributed by atoms with E-state index in [0.717, 1.165) is 11.4 Å². The fourth-order valence-electron chi connectivity index (χ4n) is 10.4. The van der Waals surface area contributed by atoms with Gasteiger partial charge in [0.2, 0.25) is 0 Å². The topological polar surface area (TPSA) is 17.0 Å². The molecular formula is C53H36N2. The summed E-state index contributed by atoms with van der Waals surface area (Å²) in [6.45, 7) is 0. The summed E-state index contributed by atoms with van der Waals surface area (Å²) in [6, 6.07) is 65.2. The van der Waals surface area contributed by atoms with Crippen molar-refractivity contribution in [1.29, 1.82) is 0 Å². The van der Waals surface area contributed by atoms with E-state index >= 15 is 0 Å². The molecule has 1 N–H and O–H groups in total. The SMILES string of the molecule is C1=CC2c3ccccc3C3(c4cc(Nc5ccc6c(c5)c5ccccc5n6-c5ccccc5)ccc4-c4ccc(-c5cccc6ccccc56)cc43)C2C=C1. The van der Waals surface area contributed by atoms with Gasteiger partial charge in [-0.3, -0.25) is 0 Å². The number of rotatable bonds is 4. The fraction of sp³-hybridized carbons (Fsp3) is 0.0566. The minimum absolute atomic E-state index is 0.258. The van der Waals surface area contributed by atoms with Crippen molar-refractivity contribution in [3.8, 4) is 27.9 Å². The van der Waals surface area contributed by atoms with Gasteiger partial charge in [-0.25, -0.2) is 0 Å². The van der Waals surface area contributed by atoms with Gasteiger partial charge in [0.1, 0.15) is 0 Å². The molecule has 2 nitrogen and oxygen atoms in total. The predicted molar refractivity (Wildman–Crippen MR) is 230 cm³/mol. The van der Waals surface area contributed by atoms with Crippen LogP contribution in [-0.2, 0) is 5.41 Å². The summed E-state index contributed by atoms with van der Waals surface area (Å²) in [6.07, 6.45) is 9.41. The van der Waals surface area contributed by atoms with Gasteiger partial charge in [-0.05, 0) is 110 Å². The first-order valence-corrected chi connectivity index (χ1v) is 19.3. The summed E-state index contributed by atoms with van der Waals surface area (Å²) in [5.74, 6) is 0.565. The fourth-order valence-corrected chi connectivity index (χ4v) is 10.4. The van der Waals surface area contributed by atoms with Crippen molar-refractivity contribution in [3.63, 3.8) is 0 Å². The lowest BCUT2D eigenvalue weighted by Gasteiger charge is -2.36. The molecule has 0 amide bonds. The van der Waals surface area contributed by atoms with Crippen LogP contribution in [0.15, 0.2) is 200 Å². The average molecular weight is 701 g/mol. The number of benzene rings is 8. The standard InChI is InChI=1S/C53H36N2/c1-2-15-38(16-3-1)55-51-24-11-8-20-45(51)46-32-36(27-30-52(46)55)54-37-26-29-44-43-28-25-35(40-21-12-14-34-13-4-5-17-39(34)40)31-49(43)53(50(44)33-37)47-22-9-6-18-41(47)42-19-7-10-23-48(42)53/h1-33,41,47,54H. The molecule has 2 heteroatoms. The van der Waals surface area contributed by atoms with E-state index in [1.165, 1.54) is 82.8 Å².